The molecule has 0 fully saturated rings. The molecule has 2 heterocycles. The van der Waals surface area contributed by atoms with Gasteiger partial charge in [-0.25, -0.2) is 0 Å². The highest BCUT2D eigenvalue weighted by Crippen LogP contribution is 2.22. The van der Waals surface area contributed by atoms with E-state index < -0.39 is 0 Å². The third-order valence-electron chi connectivity index (χ3n) is 4.62. The minimum Gasteiger partial charge on any atom is -0.489 e. The number of aromatic nitrogens is 1. The number of carbonyl (C=O) groups excluding carboxylic acids is 1. The minimum atomic E-state index is -0.165. The first-order valence-electron chi connectivity index (χ1n) is 9.52. The number of carbonyl (C=O) groups is 1. The van der Waals surface area contributed by atoms with E-state index >= 15 is 0 Å². The number of benzene rings is 2. The Hall–Kier alpha value is -3.67. The molecule has 1 N–H and O–H groups in total. The number of nitrogens with one attached hydrogen (secondary N) is 1. The number of amides is 1. The molecule has 1 aliphatic rings. The van der Waals surface area contributed by atoms with Crippen LogP contribution in [0, 0.1) is 0 Å². The van der Waals surface area contributed by atoms with Crippen LogP contribution in [0.25, 0.3) is 0 Å². The van der Waals surface area contributed by atoms with E-state index in [1.165, 1.54) is 0 Å². The van der Waals surface area contributed by atoms with Gasteiger partial charge in [-0.3, -0.25) is 14.8 Å². The number of nitrogens with zero attached hydrogens (tertiary/aromatic N) is 3. The summed E-state index contributed by atoms with van der Waals surface area (Å²) in [7, 11) is 0. The van der Waals surface area contributed by atoms with Gasteiger partial charge in [0, 0.05) is 54.0 Å². The first kappa shape index (κ1) is 18.7. The van der Waals surface area contributed by atoms with Crippen molar-refractivity contribution in [2.45, 2.75) is 20.0 Å². The Morgan fingerprint density at radius 1 is 1.14 bits per heavy atom. The molecule has 0 bridgehead atoms. The highest BCUT2D eigenvalue weighted by molar-refractivity contribution is 6.04. The van der Waals surface area contributed by atoms with Gasteiger partial charge in [0.1, 0.15) is 12.4 Å². The van der Waals surface area contributed by atoms with Crippen LogP contribution in [0.5, 0.6) is 5.75 Å². The number of hydrogen-bond donors (Lipinski definition) is 1. The maximum Gasteiger partial charge on any atom is 0.255 e. The summed E-state index contributed by atoms with van der Waals surface area (Å²) in [5.74, 6) is 0.520. The molecule has 146 valence electrons. The molecule has 0 saturated heterocycles. The summed E-state index contributed by atoms with van der Waals surface area (Å²) in [5, 5.41) is 9.36. The Bertz CT molecular complexity index is 1020. The van der Waals surface area contributed by atoms with E-state index in [1.54, 1.807) is 12.4 Å². The lowest BCUT2D eigenvalue weighted by molar-refractivity contribution is 0.102. The lowest BCUT2D eigenvalue weighted by Crippen LogP contribution is -2.14. The first-order valence-corrected chi connectivity index (χ1v) is 9.52. The predicted molar refractivity (Wildman–Crippen MR) is 114 cm³/mol. The highest BCUT2D eigenvalue weighted by Gasteiger charge is 2.13. The van der Waals surface area contributed by atoms with Gasteiger partial charge in [0.05, 0.1) is 5.69 Å². The third-order valence-corrected chi connectivity index (χ3v) is 4.62. The van der Waals surface area contributed by atoms with Crippen LogP contribution in [0.1, 0.15) is 29.3 Å². The van der Waals surface area contributed by atoms with Crippen LogP contribution < -0.4 is 15.1 Å². The average molecular weight is 386 g/mol. The molecule has 1 amide bonds. The lowest BCUT2D eigenvalue weighted by atomic mass is 10.2. The smallest absolute Gasteiger partial charge is 0.255 e. The number of ether oxygens (including phenoxy) is 1. The van der Waals surface area contributed by atoms with Gasteiger partial charge in [-0.15, -0.1) is 0 Å². The zero-order chi connectivity index (χ0) is 20.1. The van der Waals surface area contributed by atoms with Gasteiger partial charge in [0.15, 0.2) is 0 Å². The summed E-state index contributed by atoms with van der Waals surface area (Å²) in [4.78, 5) is 16.7. The summed E-state index contributed by atoms with van der Waals surface area (Å²) >= 11 is 0. The van der Waals surface area contributed by atoms with Gasteiger partial charge in [-0.2, -0.15) is 5.10 Å². The number of hydrazone groups is 1. The summed E-state index contributed by atoms with van der Waals surface area (Å²) in [6.45, 7) is 3.32. The van der Waals surface area contributed by atoms with E-state index in [-0.39, 0.29) is 5.91 Å². The predicted octanol–water partition coefficient (Wildman–Crippen LogP) is 4.50. The molecule has 2 aromatic carbocycles. The topological polar surface area (TPSA) is 66.8 Å². The first-order chi connectivity index (χ1) is 14.2. The van der Waals surface area contributed by atoms with Crippen molar-refractivity contribution in [2.75, 3.05) is 16.9 Å². The second kappa shape index (κ2) is 8.56. The van der Waals surface area contributed by atoms with Crippen molar-refractivity contribution in [3.63, 3.8) is 0 Å². The average Bonchev–Trinajstić information content (AvgIpc) is 3.20. The van der Waals surface area contributed by atoms with E-state index in [0.717, 1.165) is 29.9 Å². The number of rotatable bonds is 6. The normalized spacial score (nSPS) is 13.1. The van der Waals surface area contributed by atoms with E-state index in [9.17, 15) is 4.79 Å². The fourth-order valence-electron chi connectivity index (χ4n) is 3.06. The summed E-state index contributed by atoms with van der Waals surface area (Å²) in [6, 6.07) is 18.7. The highest BCUT2D eigenvalue weighted by atomic mass is 16.5. The van der Waals surface area contributed by atoms with Gasteiger partial charge in [0.2, 0.25) is 0 Å². The van der Waals surface area contributed by atoms with Crippen LogP contribution in [-0.4, -0.2) is 23.1 Å². The minimum absolute atomic E-state index is 0.165. The van der Waals surface area contributed by atoms with Crippen LogP contribution >= 0.6 is 0 Å². The molecule has 6 nitrogen and oxygen atoms in total. The maximum atomic E-state index is 12.6. The molecule has 3 aromatic rings. The van der Waals surface area contributed by atoms with Crippen LogP contribution in [0.3, 0.4) is 0 Å². The van der Waals surface area contributed by atoms with Crippen LogP contribution in [0.2, 0.25) is 0 Å². The molecular weight excluding hydrogens is 364 g/mol. The van der Waals surface area contributed by atoms with Crippen LogP contribution in [-0.2, 0) is 6.61 Å². The van der Waals surface area contributed by atoms with Gasteiger partial charge in [0.25, 0.3) is 5.91 Å². The molecule has 0 saturated carbocycles. The molecule has 1 aromatic heterocycles. The monoisotopic (exact) mass is 386 g/mol. The molecule has 4 rings (SSSR count). The Kier molecular flexibility index (Phi) is 5.52. The second-order valence-corrected chi connectivity index (χ2v) is 6.89. The van der Waals surface area contributed by atoms with Gasteiger partial charge < -0.3 is 10.1 Å². The summed E-state index contributed by atoms with van der Waals surface area (Å²) < 4.78 is 5.79. The number of anilines is 2. The Labute approximate surface area is 169 Å². The zero-order valence-electron chi connectivity index (χ0n) is 16.2. The SMILES string of the molecule is CC1=NN(c2ccc(C(=O)Nc3cccc(OCc4cccnc4)c3)cc2)CC1. The molecule has 0 atom stereocenters. The Morgan fingerprint density at radius 2 is 2.00 bits per heavy atom. The van der Waals surface area contributed by atoms with Crippen molar-refractivity contribution >= 4 is 23.0 Å². The molecular formula is C23H22N4O2. The van der Waals surface area contributed by atoms with E-state index in [2.05, 4.69) is 15.4 Å². The second-order valence-electron chi connectivity index (χ2n) is 6.89. The molecule has 0 aliphatic carbocycles. The fourth-order valence-corrected chi connectivity index (χ4v) is 3.06. The van der Waals surface area contributed by atoms with Gasteiger partial charge >= 0.3 is 0 Å². The molecule has 0 spiro atoms. The molecule has 1 aliphatic heterocycles. The number of pyridine rings is 1. The zero-order valence-corrected chi connectivity index (χ0v) is 16.2. The van der Waals surface area contributed by atoms with Gasteiger partial charge in [-0.05, 0) is 49.4 Å². The van der Waals surface area contributed by atoms with E-state index in [0.29, 0.717) is 23.6 Å². The van der Waals surface area contributed by atoms with Gasteiger partial charge in [-0.1, -0.05) is 12.1 Å². The van der Waals surface area contributed by atoms with Crippen molar-refractivity contribution < 1.29 is 9.53 Å². The van der Waals surface area contributed by atoms with Crippen LogP contribution in [0.4, 0.5) is 11.4 Å². The summed E-state index contributed by atoms with van der Waals surface area (Å²) in [5.41, 5.74) is 4.37. The van der Waals surface area contributed by atoms with E-state index in [1.807, 2.05) is 72.6 Å². The van der Waals surface area contributed by atoms with Crippen LogP contribution in [0.15, 0.2) is 78.2 Å². The molecule has 6 heteroatoms. The summed E-state index contributed by atoms with van der Waals surface area (Å²) in [6.07, 6.45) is 4.47. The number of hydrogen-bond acceptors (Lipinski definition) is 5. The third kappa shape index (κ3) is 4.79. The molecule has 0 radical (unpaired) electrons. The quantitative estimate of drug-likeness (QED) is 0.677. The van der Waals surface area contributed by atoms with Crippen molar-refractivity contribution in [1.82, 2.24) is 4.98 Å². The molecule has 29 heavy (non-hydrogen) atoms. The maximum absolute atomic E-state index is 12.6. The molecule has 0 unspecified atom stereocenters. The largest absolute Gasteiger partial charge is 0.489 e. The lowest BCUT2D eigenvalue weighted by Gasteiger charge is -2.14. The fraction of sp³-hybridized carbons (Fsp3) is 0.174. The van der Waals surface area contributed by atoms with E-state index in [4.69, 9.17) is 4.74 Å². The van der Waals surface area contributed by atoms with Crippen molar-refractivity contribution in [1.29, 1.82) is 0 Å². The Balaban J connectivity index is 1.38. The van der Waals surface area contributed by atoms with Crippen molar-refractivity contribution in [3.8, 4) is 5.75 Å². The van der Waals surface area contributed by atoms with Crippen molar-refractivity contribution in [3.05, 3.63) is 84.2 Å². The standard InChI is InChI=1S/C23H22N4O2/c1-17-11-13-27(26-17)21-9-7-19(8-10-21)23(28)25-20-5-2-6-22(14-20)29-16-18-4-3-12-24-15-18/h2-10,12,14-15H,11,13,16H2,1H3,(H,25,28). The van der Waals surface area contributed by atoms with Crippen molar-refractivity contribution in [2.24, 2.45) is 5.10 Å². The Morgan fingerprint density at radius 3 is 2.72 bits per heavy atom.